The molecule has 2 N–H and O–H groups in total. The summed E-state index contributed by atoms with van der Waals surface area (Å²) < 4.78 is 32.0. The Bertz CT molecular complexity index is 582. The van der Waals surface area contributed by atoms with E-state index in [1.807, 2.05) is 27.7 Å². The lowest BCUT2D eigenvalue weighted by Crippen LogP contribution is -2.38. The van der Waals surface area contributed by atoms with Crippen LogP contribution in [-0.2, 0) is 10.0 Å². The van der Waals surface area contributed by atoms with Crippen molar-refractivity contribution in [2.45, 2.75) is 38.6 Å². The molecule has 0 aromatic heterocycles. The van der Waals surface area contributed by atoms with Gasteiger partial charge >= 0.3 is 0 Å². The van der Waals surface area contributed by atoms with Gasteiger partial charge in [0.05, 0.1) is 7.11 Å². The second kappa shape index (κ2) is 6.01. The first-order chi connectivity index (χ1) is 9.12. The van der Waals surface area contributed by atoms with Gasteiger partial charge in [0.15, 0.2) is 0 Å². The van der Waals surface area contributed by atoms with Crippen molar-refractivity contribution in [3.8, 4) is 5.75 Å². The van der Waals surface area contributed by atoms with E-state index in [0.717, 1.165) is 5.56 Å². The Morgan fingerprint density at radius 2 is 1.80 bits per heavy atom. The topological polar surface area (TPSA) is 72.6 Å². The van der Waals surface area contributed by atoms with Gasteiger partial charge in [-0.1, -0.05) is 13.8 Å². The number of nitrogens with two attached hydrogens (primary N) is 1. The van der Waals surface area contributed by atoms with Crippen LogP contribution in [0.5, 0.6) is 5.75 Å². The molecule has 5 nitrogen and oxygen atoms in total. The first-order valence-electron chi connectivity index (χ1n) is 6.55. The third-order valence-electron chi connectivity index (χ3n) is 3.75. The molecule has 0 spiro atoms. The molecule has 1 aromatic rings. The minimum atomic E-state index is -3.64. The van der Waals surface area contributed by atoms with Crippen LogP contribution < -0.4 is 10.5 Å². The number of methoxy groups -OCH3 is 1. The Labute approximate surface area is 121 Å². The first-order valence-corrected chi connectivity index (χ1v) is 7.99. The van der Waals surface area contributed by atoms with Crippen molar-refractivity contribution < 1.29 is 13.2 Å². The summed E-state index contributed by atoms with van der Waals surface area (Å²) >= 11 is 0. The largest absolute Gasteiger partial charge is 0.495 e. The molecule has 0 saturated heterocycles. The van der Waals surface area contributed by atoms with Crippen LogP contribution in [0.25, 0.3) is 0 Å². The van der Waals surface area contributed by atoms with E-state index in [1.54, 1.807) is 13.1 Å². The average Bonchev–Trinajstić information content (AvgIpc) is 2.39. The summed E-state index contributed by atoms with van der Waals surface area (Å²) in [6.07, 6.45) is 0. The fourth-order valence-electron chi connectivity index (χ4n) is 1.83. The third-order valence-corrected chi connectivity index (χ3v) is 5.71. The average molecular weight is 300 g/mol. The second-order valence-corrected chi connectivity index (χ2v) is 7.33. The number of nitrogen functional groups attached to an aromatic ring is 1. The third kappa shape index (κ3) is 3.07. The van der Waals surface area contributed by atoms with Crippen LogP contribution in [0.1, 0.15) is 26.3 Å². The van der Waals surface area contributed by atoms with Crippen molar-refractivity contribution in [2.24, 2.45) is 5.92 Å². The zero-order valence-electron chi connectivity index (χ0n) is 13.0. The summed E-state index contributed by atoms with van der Waals surface area (Å²) in [5, 5.41) is 0. The quantitative estimate of drug-likeness (QED) is 0.847. The Hall–Kier alpha value is -1.27. The molecule has 1 rings (SSSR count). The Morgan fingerprint density at radius 1 is 1.25 bits per heavy atom. The molecule has 1 atom stereocenters. The lowest BCUT2D eigenvalue weighted by molar-refractivity contribution is 0.313. The molecule has 6 heteroatoms. The maximum atomic E-state index is 12.7. The predicted molar refractivity (Wildman–Crippen MR) is 81.4 cm³/mol. The molecule has 0 radical (unpaired) electrons. The Balaban J connectivity index is 3.39. The van der Waals surface area contributed by atoms with Crippen molar-refractivity contribution in [1.82, 2.24) is 4.31 Å². The molecule has 0 aliphatic carbocycles. The molecule has 0 aliphatic rings. The number of nitrogens with zero attached hydrogens (tertiary/aromatic N) is 1. The van der Waals surface area contributed by atoms with Crippen LogP contribution in [0.3, 0.4) is 0 Å². The maximum Gasteiger partial charge on any atom is 0.246 e. The SMILES string of the molecule is COc1cc(C)c(N)cc1S(=O)(=O)N(C)C(C)C(C)C. The highest BCUT2D eigenvalue weighted by molar-refractivity contribution is 7.89. The number of rotatable bonds is 5. The van der Waals surface area contributed by atoms with E-state index < -0.39 is 10.0 Å². The standard InChI is InChI=1S/C14H24N2O3S/c1-9(2)11(4)16(5)20(17,18)14-8-12(15)10(3)7-13(14)19-6/h7-9,11H,15H2,1-6H3. The molecule has 1 unspecified atom stereocenters. The van der Waals surface area contributed by atoms with E-state index in [1.165, 1.54) is 17.5 Å². The van der Waals surface area contributed by atoms with E-state index >= 15 is 0 Å². The lowest BCUT2D eigenvalue weighted by atomic mass is 10.1. The summed E-state index contributed by atoms with van der Waals surface area (Å²) in [6, 6.07) is 3.00. The molecule has 1 aromatic carbocycles. The van der Waals surface area contributed by atoms with Crippen LogP contribution in [0.2, 0.25) is 0 Å². The van der Waals surface area contributed by atoms with E-state index in [9.17, 15) is 8.42 Å². The van der Waals surface area contributed by atoms with Gasteiger partial charge in [-0.25, -0.2) is 8.42 Å². The van der Waals surface area contributed by atoms with Gasteiger partial charge in [-0.2, -0.15) is 4.31 Å². The van der Waals surface area contributed by atoms with Crippen molar-refractivity contribution in [1.29, 1.82) is 0 Å². The molecule has 20 heavy (non-hydrogen) atoms. The second-order valence-electron chi connectivity index (χ2n) is 5.37. The van der Waals surface area contributed by atoms with Gasteiger partial charge in [-0.15, -0.1) is 0 Å². The van der Waals surface area contributed by atoms with Crippen molar-refractivity contribution in [3.63, 3.8) is 0 Å². The zero-order valence-corrected chi connectivity index (χ0v) is 13.8. The monoisotopic (exact) mass is 300 g/mol. The minimum Gasteiger partial charge on any atom is -0.495 e. The number of sulfonamides is 1. The van der Waals surface area contributed by atoms with Gasteiger partial charge in [0, 0.05) is 18.8 Å². The zero-order chi connectivity index (χ0) is 15.7. The number of hydrogen-bond donors (Lipinski definition) is 1. The van der Waals surface area contributed by atoms with Crippen molar-refractivity contribution in [2.75, 3.05) is 19.9 Å². The van der Waals surface area contributed by atoms with Gasteiger partial charge in [0.25, 0.3) is 0 Å². The molecule has 114 valence electrons. The smallest absolute Gasteiger partial charge is 0.246 e. The highest BCUT2D eigenvalue weighted by Crippen LogP contribution is 2.32. The highest BCUT2D eigenvalue weighted by atomic mass is 32.2. The normalized spacial score (nSPS) is 13.8. The van der Waals surface area contributed by atoms with E-state index in [4.69, 9.17) is 10.5 Å². The van der Waals surface area contributed by atoms with Crippen LogP contribution in [0, 0.1) is 12.8 Å². The van der Waals surface area contributed by atoms with E-state index in [2.05, 4.69) is 0 Å². The van der Waals surface area contributed by atoms with Crippen LogP contribution in [-0.4, -0.2) is 32.9 Å². The number of ether oxygens (including phenoxy) is 1. The fraction of sp³-hybridized carbons (Fsp3) is 0.571. The van der Waals surface area contributed by atoms with E-state index in [0.29, 0.717) is 11.4 Å². The van der Waals surface area contributed by atoms with Gasteiger partial charge < -0.3 is 10.5 Å². The van der Waals surface area contributed by atoms with Gasteiger partial charge in [-0.3, -0.25) is 0 Å². The summed E-state index contributed by atoms with van der Waals surface area (Å²) in [7, 11) is -0.604. The number of benzene rings is 1. The van der Waals surface area contributed by atoms with Gasteiger partial charge in [0.2, 0.25) is 10.0 Å². The van der Waals surface area contributed by atoms with Crippen LogP contribution >= 0.6 is 0 Å². The van der Waals surface area contributed by atoms with Crippen molar-refractivity contribution >= 4 is 15.7 Å². The lowest BCUT2D eigenvalue weighted by Gasteiger charge is -2.28. The maximum absolute atomic E-state index is 12.7. The summed E-state index contributed by atoms with van der Waals surface area (Å²) in [6.45, 7) is 7.66. The minimum absolute atomic E-state index is 0.109. The Morgan fingerprint density at radius 3 is 2.25 bits per heavy atom. The number of hydrogen-bond acceptors (Lipinski definition) is 4. The molecule has 0 aliphatic heterocycles. The Kier molecular flexibility index (Phi) is 5.05. The molecular formula is C14H24N2O3S. The molecule has 0 fully saturated rings. The summed E-state index contributed by atoms with van der Waals surface area (Å²) in [5.41, 5.74) is 7.07. The van der Waals surface area contributed by atoms with Gasteiger partial charge in [-0.05, 0) is 37.5 Å². The van der Waals surface area contributed by atoms with Crippen molar-refractivity contribution in [3.05, 3.63) is 17.7 Å². The van der Waals surface area contributed by atoms with Crippen LogP contribution in [0.15, 0.2) is 17.0 Å². The van der Waals surface area contributed by atoms with Crippen LogP contribution in [0.4, 0.5) is 5.69 Å². The molecule has 0 amide bonds. The molecular weight excluding hydrogens is 276 g/mol. The highest BCUT2D eigenvalue weighted by Gasteiger charge is 2.30. The van der Waals surface area contributed by atoms with Gasteiger partial charge in [0.1, 0.15) is 10.6 Å². The fourth-order valence-corrected chi connectivity index (χ4v) is 3.50. The summed E-state index contributed by atoms with van der Waals surface area (Å²) in [5.74, 6) is 0.531. The molecule has 0 saturated carbocycles. The molecule has 0 bridgehead atoms. The van der Waals surface area contributed by atoms with E-state index in [-0.39, 0.29) is 16.9 Å². The first kappa shape index (κ1) is 16.8. The predicted octanol–water partition coefficient (Wildman–Crippen LogP) is 2.25. The molecule has 0 heterocycles. The summed E-state index contributed by atoms with van der Waals surface area (Å²) in [4.78, 5) is 0.109. The number of anilines is 1. The number of aryl methyl sites for hydroxylation is 1.